The second kappa shape index (κ2) is 6.48. The Kier molecular flexibility index (Phi) is 4.69. The Morgan fingerprint density at radius 1 is 1.30 bits per heavy atom. The monoisotopic (exact) mass is 285 g/mol. The largest absolute Gasteiger partial charge is 0.389 e. The van der Waals surface area contributed by atoms with Gasteiger partial charge in [-0.25, -0.2) is 4.98 Å². The van der Waals surface area contributed by atoms with Crippen molar-refractivity contribution in [3.63, 3.8) is 0 Å². The molecule has 1 aromatic heterocycles. The number of nitrogens with one attached hydrogen (secondary N) is 1. The van der Waals surface area contributed by atoms with Crippen molar-refractivity contribution in [1.29, 1.82) is 0 Å². The first kappa shape index (κ1) is 14.5. The van der Waals surface area contributed by atoms with E-state index in [9.17, 15) is 0 Å². The highest BCUT2D eigenvalue weighted by Gasteiger charge is 2.12. The normalized spacial score (nSPS) is 11.9. The van der Waals surface area contributed by atoms with Gasteiger partial charge >= 0.3 is 0 Å². The summed E-state index contributed by atoms with van der Waals surface area (Å²) in [6.07, 6.45) is 2.70. The molecule has 0 spiro atoms. The van der Waals surface area contributed by atoms with E-state index in [1.165, 1.54) is 5.56 Å². The SMILES string of the molecule is Cc1ccnc(NC(C)Cc2ccccc2)c1C(N)=S. The fourth-order valence-corrected chi connectivity index (χ4v) is 2.49. The molecule has 1 heterocycles. The average Bonchev–Trinajstić information content (AvgIpc) is 2.39. The highest BCUT2D eigenvalue weighted by atomic mass is 32.1. The van der Waals surface area contributed by atoms with Gasteiger partial charge in [-0.05, 0) is 37.5 Å². The number of aromatic nitrogens is 1. The number of aryl methyl sites for hydroxylation is 1. The van der Waals surface area contributed by atoms with E-state index in [4.69, 9.17) is 18.0 Å². The lowest BCUT2D eigenvalue weighted by Gasteiger charge is -2.18. The Morgan fingerprint density at radius 3 is 2.65 bits per heavy atom. The first-order chi connectivity index (χ1) is 9.58. The summed E-state index contributed by atoms with van der Waals surface area (Å²) in [5.41, 5.74) is 8.96. The topological polar surface area (TPSA) is 50.9 Å². The number of rotatable bonds is 5. The molecule has 2 rings (SSSR count). The highest BCUT2D eigenvalue weighted by Crippen LogP contribution is 2.18. The molecule has 3 N–H and O–H groups in total. The summed E-state index contributed by atoms with van der Waals surface area (Å²) in [5, 5.41) is 3.40. The summed E-state index contributed by atoms with van der Waals surface area (Å²) in [5.74, 6) is 0.765. The molecule has 0 saturated carbocycles. The number of pyridine rings is 1. The third-order valence-electron chi connectivity index (χ3n) is 3.17. The first-order valence-corrected chi connectivity index (χ1v) is 7.04. The van der Waals surface area contributed by atoms with Crippen LogP contribution in [0.15, 0.2) is 42.6 Å². The van der Waals surface area contributed by atoms with Gasteiger partial charge in [-0.1, -0.05) is 42.5 Å². The van der Waals surface area contributed by atoms with Gasteiger partial charge < -0.3 is 11.1 Å². The van der Waals surface area contributed by atoms with Crippen LogP contribution in [0.3, 0.4) is 0 Å². The molecule has 4 heteroatoms. The minimum absolute atomic E-state index is 0.250. The Hall–Kier alpha value is -1.94. The Labute approximate surface area is 125 Å². The van der Waals surface area contributed by atoms with E-state index in [-0.39, 0.29) is 6.04 Å². The highest BCUT2D eigenvalue weighted by molar-refractivity contribution is 7.80. The van der Waals surface area contributed by atoms with Crippen LogP contribution in [0, 0.1) is 6.92 Å². The van der Waals surface area contributed by atoms with Gasteiger partial charge in [0.15, 0.2) is 0 Å². The predicted octanol–water partition coefficient (Wildman–Crippen LogP) is 3.07. The summed E-state index contributed by atoms with van der Waals surface area (Å²) < 4.78 is 0. The van der Waals surface area contributed by atoms with Crippen molar-refractivity contribution in [3.05, 3.63) is 59.3 Å². The number of anilines is 1. The van der Waals surface area contributed by atoms with E-state index in [0.717, 1.165) is 23.4 Å². The molecule has 2 aromatic rings. The van der Waals surface area contributed by atoms with Crippen LogP contribution in [-0.4, -0.2) is 16.0 Å². The molecule has 0 aliphatic heterocycles. The molecule has 0 fully saturated rings. The summed E-state index contributed by atoms with van der Waals surface area (Å²) in [4.78, 5) is 4.74. The maximum atomic E-state index is 5.80. The predicted molar refractivity (Wildman–Crippen MR) is 88.1 cm³/mol. The lowest BCUT2D eigenvalue weighted by atomic mass is 10.1. The van der Waals surface area contributed by atoms with E-state index < -0.39 is 0 Å². The Morgan fingerprint density at radius 2 is 2.00 bits per heavy atom. The van der Waals surface area contributed by atoms with Crippen LogP contribution in [0.2, 0.25) is 0 Å². The molecule has 0 aliphatic rings. The van der Waals surface area contributed by atoms with E-state index in [2.05, 4.69) is 29.4 Å². The van der Waals surface area contributed by atoms with Gasteiger partial charge in [-0.3, -0.25) is 0 Å². The van der Waals surface area contributed by atoms with Crippen LogP contribution in [-0.2, 0) is 6.42 Å². The minimum atomic E-state index is 0.250. The van der Waals surface area contributed by atoms with E-state index in [0.29, 0.717) is 4.99 Å². The third kappa shape index (κ3) is 3.54. The second-order valence-electron chi connectivity index (χ2n) is 4.95. The Balaban J connectivity index is 2.14. The molecule has 0 saturated heterocycles. The maximum absolute atomic E-state index is 5.80. The van der Waals surface area contributed by atoms with Crippen LogP contribution in [0.4, 0.5) is 5.82 Å². The standard InChI is InChI=1S/C16H19N3S/c1-11-8-9-18-16(14(11)15(17)20)19-12(2)10-13-6-4-3-5-7-13/h3-9,12H,10H2,1-2H3,(H2,17,20)(H,18,19). The van der Waals surface area contributed by atoms with Crippen LogP contribution >= 0.6 is 12.2 Å². The lowest BCUT2D eigenvalue weighted by Crippen LogP contribution is -2.23. The van der Waals surface area contributed by atoms with Crippen LogP contribution in [0.25, 0.3) is 0 Å². The molecule has 3 nitrogen and oxygen atoms in total. The minimum Gasteiger partial charge on any atom is -0.389 e. The van der Waals surface area contributed by atoms with Crippen molar-refractivity contribution in [2.24, 2.45) is 5.73 Å². The first-order valence-electron chi connectivity index (χ1n) is 6.64. The number of nitrogens with zero attached hydrogens (tertiary/aromatic N) is 1. The molecule has 0 amide bonds. The zero-order valence-electron chi connectivity index (χ0n) is 11.8. The van der Waals surface area contributed by atoms with Crippen molar-refractivity contribution in [2.45, 2.75) is 26.3 Å². The van der Waals surface area contributed by atoms with E-state index in [1.807, 2.05) is 31.2 Å². The number of benzene rings is 1. The van der Waals surface area contributed by atoms with E-state index in [1.54, 1.807) is 6.20 Å². The van der Waals surface area contributed by atoms with Crippen molar-refractivity contribution in [3.8, 4) is 0 Å². The van der Waals surface area contributed by atoms with Crippen molar-refractivity contribution >= 4 is 23.0 Å². The van der Waals surface area contributed by atoms with Crippen molar-refractivity contribution < 1.29 is 0 Å². The summed E-state index contributed by atoms with van der Waals surface area (Å²) in [6, 6.07) is 12.5. The van der Waals surface area contributed by atoms with Gasteiger partial charge in [0, 0.05) is 12.2 Å². The maximum Gasteiger partial charge on any atom is 0.136 e. The number of hydrogen-bond donors (Lipinski definition) is 2. The molecule has 104 valence electrons. The van der Waals surface area contributed by atoms with Gasteiger partial charge in [0.1, 0.15) is 10.8 Å². The smallest absolute Gasteiger partial charge is 0.136 e. The van der Waals surface area contributed by atoms with Crippen LogP contribution < -0.4 is 11.1 Å². The van der Waals surface area contributed by atoms with Gasteiger partial charge in [0.25, 0.3) is 0 Å². The van der Waals surface area contributed by atoms with Gasteiger partial charge in [-0.2, -0.15) is 0 Å². The molecule has 20 heavy (non-hydrogen) atoms. The van der Waals surface area contributed by atoms with Crippen LogP contribution in [0.1, 0.15) is 23.6 Å². The van der Waals surface area contributed by atoms with Gasteiger partial charge in [-0.15, -0.1) is 0 Å². The molecule has 1 unspecified atom stereocenters. The fourth-order valence-electron chi connectivity index (χ4n) is 2.23. The number of nitrogens with two attached hydrogens (primary N) is 1. The van der Waals surface area contributed by atoms with Crippen molar-refractivity contribution in [2.75, 3.05) is 5.32 Å². The molecule has 0 bridgehead atoms. The van der Waals surface area contributed by atoms with E-state index >= 15 is 0 Å². The summed E-state index contributed by atoms with van der Waals surface area (Å²) in [6.45, 7) is 4.11. The fraction of sp³-hybridized carbons (Fsp3) is 0.250. The number of hydrogen-bond acceptors (Lipinski definition) is 3. The molecule has 1 aromatic carbocycles. The summed E-state index contributed by atoms with van der Waals surface area (Å²) >= 11 is 5.12. The lowest BCUT2D eigenvalue weighted by molar-refractivity contribution is 0.784. The quantitative estimate of drug-likeness (QED) is 0.829. The molecule has 0 aliphatic carbocycles. The molecule has 1 atom stereocenters. The molecular weight excluding hydrogens is 266 g/mol. The zero-order chi connectivity index (χ0) is 14.5. The van der Waals surface area contributed by atoms with Crippen molar-refractivity contribution in [1.82, 2.24) is 4.98 Å². The second-order valence-corrected chi connectivity index (χ2v) is 5.39. The van der Waals surface area contributed by atoms with Gasteiger partial charge in [0.05, 0.1) is 5.56 Å². The third-order valence-corrected chi connectivity index (χ3v) is 3.38. The molecule has 0 radical (unpaired) electrons. The van der Waals surface area contributed by atoms with Gasteiger partial charge in [0.2, 0.25) is 0 Å². The zero-order valence-corrected chi connectivity index (χ0v) is 12.6. The molecular formula is C16H19N3S. The average molecular weight is 285 g/mol. The van der Waals surface area contributed by atoms with Crippen LogP contribution in [0.5, 0.6) is 0 Å². The Bertz CT molecular complexity index is 596. The summed E-state index contributed by atoms with van der Waals surface area (Å²) in [7, 11) is 0. The number of thiocarbonyl (C=S) groups is 1.